The summed E-state index contributed by atoms with van der Waals surface area (Å²) in [6.45, 7) is 4.50. The van der Waals surface area contributed by atoms with Gasteiger partial charge in [-0.1, -0.05) is 6.07 Å². The van der Waals surface area contributed by atoms with E-state index < -0.39 is 10.0 Å². The molecule has 0 aliphatic carbocycles. The van der Waals surface area contributed by atoms with Gasteiger partial charge in [-0.15, -0.1) is 0 Å². The molecule has 1 aromatic rings. The molecule has 5 nitrogen and oxygen atoms in total. The van der Waals surface area contributed by atoms with E-state index in [1.165, 1.54) is 10.6 Å². The Labute approximate surface area is 121 Å². The highest BCUT2D eigenvalue weighted by Crippen LogP contribution is 2.22. The first-order valence-electron chi connectivity index (χ1n) is 6.96. The summed E-state index contributed by atoms with van der Waals surface area (Å²) in [6, 6.07) is 6.06. The van der Waals surface area contributed by atoms with E-state index in [9.17, 15) is 8.42 Å². The zero-order chi connectivity index (χ0) is 14.8. The average molecular weight is 297 g/mol. The van der Waals surface area contributed by atoms with Crippen LogP contribution >= 0.6 is 0 Å². The summed E-state index contributed by atoms with van der Waals surface area (Å²) in [4.78, 5) is 6.82. The van der Waals surface area contributed by atoms with Crippen molar-refractivity contribution in [1.29, 1.82) is 0 Å². The molecule has 0 saturated carbocycles. The van der Waals surface area contributed by atoms with Crippen molar-refractivity contribution in [2.24, 2.45) is 5.92 Å². The number of aryl methyl sites for hydroxylation is 1. The summed E-state index contributed by atoms with van der Waals surface area (Å²) in [5, 5.41) is 0. The summed E-state index contributed by atoms with van der Waals surface area (Å²) in [6.07, 6.45) is 3.28. The standard InChI is InChI=1S/C14H23N3O2S/c1-12-5-4-6-14(15-12)17-9-7-13(8-10-17)11-16(2)20(3,18)19/h4-6,13H,7-11H2,1-3H3. The maximum absolute atomic E-state index is 11.4. The van der Waals surface area contributed by atoms with Gasteiger partial charge < -0.3 is 4.90 Å². The van der Waals surface area contributed by atoms with Crippen LogP contribution in [-0.2, 0) is 10.0 Å². The second kappa shape index (κ2) is 6.10. The van der Waals surface area contributed by atoms with Gasteiger partial charge >= 0.3 is 0 Å². The highest BCUT2D eigenvalue weighted by Gasteiger charge is 2.23. The Bertz CT molecular complexity index is 551. The van der Waals surface area contributed by atoms with Crippen molar-refractivity contribution < 1.29 is 8.42 Å². The molecule has 1 aromatic heterocycles. The second-order valence-electron chi connectivity index (χ2n) is 5.61. The van der Waals surface area contributed by atoms with Gasteiger partial charge in [0.25, 0.3) is 0 Å². The smallest absolute Gasteiger partial charge is 0.210 e. The van der Waals surface area contributed by atoms with Crippen molar-refractivity contribution in [3.8, 4) is 0 Å². The van der Waals surface area contributed by atoms with Crippen molar-refractivity contribution >= 4 is 15.8 Å². The summed E-state index contributed by atoms with van der Waals surface area (Å²) in [5.74, 6) is 1.47. The number of rotatable bonds is 4. The molecular weight excluding hydrogens is 274 g/mol. The van der Waals surface area contributed by atoms with E-state index in [1.54, 1.807) is 7.05 Å². The van der Waals surface area contributed by atoms with Crippen LogP contribution in [-0.4, -0.2) is 50.6 Å². The van der Waals surface area contributed by atoms with Crippen LogP contribution in [0.5, 0.6) is 0 Å². The van der Waals surface area contributed by atoms with Crippen molar-refractivity contribution in [1.82, 2.24) is 9.29 Å². The van der Waals surface area contributed by atoms with Crippen molar-refractivity contribution in [2.45, 2.75) is 19.8 Å². The number of pyridine rings is 1. The molecule has 0 spiro atoms. The number of aromatic nitrogens is 1. The van der Waals surface area contributed by atoms with E-state index in [-0.39, 0.29) is 0 Å². The molecule has 112 valence electrons. The van der Waals surface area contributed by atoms with Crippen molar-refractivity contribution in [3.05, 3.63) is 23.9 Å². The number of nitrogens with zero attached hydrogens (tertiary/aromatic N) is 3. The molecule has 0 amide bonds. The van der Waals surface area contributed by atoms with Gasteiger partial charge in [-0.05, 0) is 37.8 Å². The van der Waals surface area contributed by atoms with E-state index in [4.69, 9.17) is 0 Å². The summed E-state index contributed by atoms with van der Waals surface area (Å²) in [7, 11) is -1.41. The molecule has 2 rings (SSSR count). The lowest BCUT2D eigenvalue weighted by molar-refractivity contribution is 0.328. The van der Waals surface area contributed by atoms with Crippen LogP contribution in [0.4, 0.5) is 5.82 Å². The van der Waals surface area contributed by atoms with Gasteiger partial charge in [0.15, 0.2) is 0 Å². The zero-order valence-corrected chi connectivity index (χ0v) is 13.2. The maximum atomic E-state index is 11.4. The molecule has 1 aliphatic heterocycles. The van der Waals surface area contributed by atoms with E-state index in [0.717, 1.165) is 37.4 Å². The van der Waals surface area contributed by atoms with Gasteiger partial charge in [0.2, 0.25) is 10.0 Å². The van der Waals surface area contributed by atoms with Gasteiger partial charge in [-0.25, -0.2) is 17.7 Å². The number of piperidine rings is 1. The molecular formula is C14H23N3O2S. The summed E-state index contributed by atoms with van der Waals surface area (Å²) >= 11 is 0. The Morgan fingerprint density at radius 2 is 2.00 bits per heavy atom. The first-order chi connectivity index (χ1) is 9.36. The molecule has 0 atom stereocenters. The zero-order valence-electron chi connectivity index (χ0n) is 12.4. The first-order valence-corrected chi connectivity index (χ1v) is 8.81. The van der Waals surface area contributed by atoms with E-state index >= 15 is 0 Å². The van der Waals surface area contributed by atoms with E-state index in [0.29, 0.717) is 12.5 Å². The lowest BCUT2D eigenvalue weighted by Gasteiger charge is -2.34. The highest BCUT2D eigenvalue weighted by molar-refractivity contribution is 7.88. The van der Waals surface area contributed by atoms with Crippen LogP contribution in [0, 0.1) is 12.8 Å². The fourth-order valence-corrected chi connectivity index (χ4v) is 3.03. The molecule has 0 radical (unpaired) electrons. The predicted molar refractivity (Wildman–Crippen MR) is 81.4 cm³/mol. The van der Waals surface area contributed by atoms with Crippen molar-refractivity contribution in [2.75, 3.05) is 37.8 Å². The monoisotopic (exact) mass is 297 g/mol. The summed E-state index contributed by atoms with van der Waals surface area (Å²) in [5.41, 5.74) is 1.03. The molecule has 1 saturated heterocycles. The van der Waals surface area contributed by atoms with Gasteiger partial charge in [-0.2, -0.15) is 0 Å². The van der Waals surface area contributed by atoms with Crippen LogP contribution in [0.25, 0.3) is 0 Å². The second-order valence-corrected chi connectivity index (χ2v) is 7.70. The molecule has 0 N–H and O–H groups in total. The number of anilines is 1. The largest absolute Gasteiger partial charge is 0.357 e. The minimum Gasteiger partial charge on any atom is -0.357 e. The first kappa shape index (κ1) is 15.3. The third-order valence-electron chi connectivity index (χ3n) is 3.89. The molecule has 2 heterocycles. The number of hydrogen-bond donors (Lipinski definition) is 0. The SMILES string of the molecule is Cc1cccc(N2CCC(CN(C)S(C)(=O)=O)CC2)n1. The summed E-state index contributed by atoms with van der Waals surface area (Å²) < 4.78 is 24.3. The maximum Gasteiger partial charge on any atom is 0.210 e. The van der Waals surface area contributed by atoms with Crippen LogP contribution < -0.4 is 4.90 Å². The van der Waals surface area contributed by atoms with Gasteiger partial charge in [-0.3, -0.25) is 0 Å². The molecule has 1 fully saturated rings. The highest BCUT2D eigenvalue weighted by atomic mass is 32.2. The minimum absolute atomic E-state index is 0.441. The Morgan fingerprint density at radius 3 is 2.55 bits per heavy atom. The number of hydrogen-bond acceptors (Lipinski definition) is 4. The lowest BCUT2D eigenvalue weighted by Crippen LogP contribution is -2.39. The van der Waals surface area contributed by atoms with Gasteiger partial charge in [0.05, 0.1) is 6.26 Å². The molecule has 1 aliphatic rings. The van der Waals surface area contributed by atoms with E-state index in [2.05, 4.69) is 9.88 Å². The van der Waals surface area contributed by atoms with Crippen LogP contribution in [0.15, 0.2) is 18.2 Å². The molecule has 0 bridgehead atoms. The normalized spacial score (nSPS) is 17.7. The van der Waals surface area contributed by atoms with Crippen LogP contribution in [0.3, 0.4) is 0 Å². The fraction of sp³-hybridized carbons (Fsp3) is 0.643. The number of sulfonamides is 1. The predicted octanol–water partition coefficient (Wildman–Crippen LogP) is 1.50. The van der Waals surface area contributed by atoms with Crippen LogP contribution in [0.2, 0.25) is 0 Å². The van der Waals surface area contributed by atoms with E-state index in [1.807, 2.05) is 25.1 Å². The Kier molecular flexibility index (Phi) is 4.65. The quantitative estimate of drug-likeness (QED) is 0.845. The molecule has 6 heteroatoms. The minimum atomic E-state index is -3.07. The third-order valence-corrected chi connectivity index (χ3v) is 5.17. The van der Waals surface area contributed by atoms with Gasteiger partial charge in [0.1, 0.15) is 5.82 Å². The van der Waals surface area contributed by atoms with Gasteiger partial charge in [0, 0.05) is 32.4 Å². The Hall–Kier alpha value is -1.14. The lowest BCUT2D eigenvalue weighted by atomic mass is 9.97. The topological polar surface area (TPSA) is 53.5 Å². The third kappa shape index (κ3) is 3.93. The Morgan fingerprint density at radius 1 is 1.35 bits per heavy atom. The molecule has 0 unspecified atom stereocenters. The molecule has 0 aromatic carbocycles. The fourth-order valence-electron chi connectivity index (χ4n) is 2.55. The Balaban J connectivity index is 1.90. The van der Waals surface area contributed by atoms with Crippen molar-refractivity contribution in [3.63, 3.8) is 0 Å². The molecule has 20 heavy (non-hydrogen) atoms. The average Bonchev–Trinajstić information content (AvgIpc) is 2.38. The van der Waals surface area contributed by atoms with Crippen LogP contribution in [0.1, 0.15) is 18.5 Å².